The lowest BCUT2D eigenvalue weighted by Gasteiger charge is -2.42. The van der Waals surface area contributed by atoms with Crippen LogP contribution in [0.2, 0.25) is 0 Å². The van der Waals surface area contributed by atoms with Crippen LogP contribution in [0.15, 0.2) is 61.4 Å². The summed E-state index contributed by atoms with van der Waals surface area (Å²) in [6.45, 7) is 7.16. The van der Waals surface area contributed by atoms with Gasteiger partial charge in [-0.25, -0.2) is 0 Å². The highest BCUT2D eigenvalue weighted by molar-refractivity contribution is 5.85. The Morgan fingerprint density at radius 1 is 1.28 bits per heavy atom. The van der Waals surface area contributed by atoms with Crippen LogP contribution in [-0.2, 0) is 16.0 Å². The van der Waals surface area contributed by atoms with Crippen LogP contribution >= 0.6 is 0 Å². The van der Waals surface area contributed by atoms with Crippen molar-refractivity contribution in [2.75, 3.05) is 19.6 Å². The molecule has 1 N–H and O–H groups in total. The number of carbonyl (C=O) groups is 2. The van der Waals surface area contributed by atoms with E-state index in [-0.39, 0.29) is 11.8 Å². The molecule has 5 nitrogen and oxygen atoms in total. The van der Waals surface area contributed by atoms with Crippen LogP contribution in [0.1, 0.15) is 31.7 Å². The van der Waals surface area contributed by atoms with Crippen molar-refractivity contribution in [3.05, 3.63) is 67.0 Å². The molecule has 0 unspecified atom stereocenters. The molecular formula is C24H29N3O2. The van der Waals surface area contributed by atoms with E-state index >= 15 is 0 Å². The first-order chi connectivity index (χ1) is 14.1. The molecule has 0 aliphatic carbocycles. The summed E-state index contributed by atoms with van der Waals surface area (Å²) in [7, 11) is 0. The fourth-order valence-electron chi connectivity index (χ4n) is 4.17. The molecule has 1 saturated heterocycles. The second-order valence-corrected chi connectivity index (χ2v) is 7.63. The molecule has 1 aliphatic rings. The number of nitrogens with zero attached hydrogens (tertiary/aromatic N) is 2. The molecule has 1 atom stereocenters. The van der Waals surface area contributed by atoms with E-state index in [0.29, 0.717) is 32.5 Å². The van der Waals surface area contributed by atoms with Crippen LogP contribution < -0.4 is 5.32 Å². The summed E-state index contributed by atoms with van der Waals surface area (Å²) in [5, 5.41) is 2.99. The maximum Gasteiger partial charge on any atom is 0.228 e. The number of pyridine rings is 1. The van der Waals surface area contributed by atoms with Gasteiger partial charge in [-0.15, -0.1) is 6.58 Å². The van der Waals surface area contributed by atoms with E-state index in [9.17, 15) is 9.59 Å². The van der Waals surface area contributed by atoms with Crippen molar-refractivity contribution in [2.45, 2.75) is 32.6 Å². The van der Waals surface area contributed by atoms with Crippen molar-refractivity contribution in [1.82, 2.24) is 15.2 Å². The third kappa shape index (κ3) is 4.73. The van der Waals surface area contributed by atoms with E-state index in [1.807, 2.05) is 42.3 Å². The third-order valence-corrected chi connectivity index (χ3v) is 5.64. The second-order valence-electron chi connectivity index (χ2n) is 7.63. The molecule has 2 heterocycles. The molecule has 2 aromatic rings. The zero-order chi connectivity index (χ0) is 20.7. The Bertz CT molecular complexity index is 865. The topological polar surface area (TPSA) is 62.3 Å². The Labute approximate surface area is 172 Å². The molecule has 3 rings (SSSR count). The van der Waals surface area contributed by atoms with Crippen molar-refractivity contribution in [3.63, 3.8) is 0 Å². The number of hydrogen-bond donors (Lipinski definition) is 1. The van der Waals surface area contributed by atoms with Gasteiger partial charge in [0.25, 0.3) is 0 Å². The number of piperidine rings is 1. The average molecular weight is 392 g/mol. The van der Waals surface area contributed by atoms with Gasteiger partial charge in [0.05, 0.1) is 5.41 Å². The van der Waals surface area contributed by atoms with Gasteiger partial charge in [0.1, 0.15) is 0 Å². The fourth-order valence-corrected chi connectivity index (χ4v) is 4.17. The van der Waals surface area contributed by atoms with E-state index in [4.69, 9.17) is 0 Å². The predicted octanol–water partition coefficient (Wildman–Crippen LogP) is 3.61. The minimum Gasteiger partial charge on any atom is -0.352 e. The van der Waals surface area contributed by atoms with Crippen molar-refractivity contribution >= 4 is 11.8 Å². The number of carbonyl (C=O) groups excluding carboxylic acids is 2. The number of aromatic nitrogens is 1. The van der Waals surface area contributed by atoms with E-state index in [2.05, 4.69) is 29.0 Å². The number of likely N-dealkylation sites (tertiary alicyclic amines) is 1. The molecule has 5 heteroatoms. The summed E-state index contributed by atoms with van der Waals surface area (Å²) < 4.78 is 0. The van der Waals surface area contributed by atoms with Gasteiger partial charge in [0.2, 0.25) is 11.8 Å². The average Bonchev–Trinajstić information content (AvgIpc) is 2.78. The van der Waals surface area contributed by atoms with Crippen LogP contribution in [0.25, 0.3) is 11.1 Å². The van der Waals surface area contributed by atoms with Gasteiger partial charge < -0.3 is 10.2 Å². The first kappa shape index (κ1) is 20.8. The van der Waals surface area contributed by atoms with Gasteiger partial charge in [-0.3, -0.25) is 14.6 Å². The SMILES string of the molecule is C=CCNC(=O)[C@@]1(Cc2ccccc2-c2cccnc2)CCCN(C(=O)CC)C1. The minimum atomic E-state index is -0.648. The normalized spacial score (nSPS) is 18.9. The Morgan fingerprint density at radius 2 is 2.10 bits per heavy atom. The van der Waals surface area contributed by atoms with Crippen LogP contribution in [0.3, 0.4) is 0 Å². The van der Waals surface area contributed by atoms with E-state index < -0.39 is 5.41 Å². The first-order valence-electron chi connectivity index (χ1n) is 10.2. The van der Waals surface area contributed by atoms with Crippen LogP contribution in [-0.4, -0.2) is 41.3 Å². The van der Waals surface area contributed by atoms with Crippen molar-refractivity contribution in [2.24, 2.45) is 5.41 Å². The number of hydrogen-bond acceptors (Lipinski definition) is 3. The largest absolute Gasteiger partial charge is 0.352 e. The zero-order valence-electron chi connectivity index (χ0n) is 17.1. The third-order valence-electron chi connectivity index (χ3n) is 5.64. The Hall–Kier alpha value is -2.95. The molecule has 0 radical (unpaired) electrons. The summed E-state index contributed by atoms with van der Waals surface area (Å²) in [5.74, 6) is 0.0955. The molecule has 1 aromatic carbocycles. The zero-order valence-corrected chi connectivity index (χ0v) is 17.1. The molecular weight excluding hydrogens is 362 g/mol. The van der Waals surface area contributed by atoms with Gasteiger partial charge in [0, 0.05) is 44.0 Å². The van der Waals surface area contributed by atoms with Gasteiger partial charge in [-0.05, 0) is 36.5 Å². The molecule has 152 valence electrons. The van der Waals surface area contributed by atoms with Gasteiger partial charge in [0.15, 0.2) is 0 Å². The molecule has 1 aliphatic heterocycles. The van der Waals surface area contributed by atoms with Crippen molar-refractivity contribution in [3.8, 4) is 11.1 Å². The Morgan fingerprint density at radius 3 is 2.83 bits per heavy atom. The lowest BCUT2D eigenvalue weighted by molar-refractivity contribution is -0.141. The fraction of sp³-hybridized carbons (Fsp3) is 0.375. The van der Waals surface area contributed by atoms with Crippen molar-refractivity contribution < 1.29 is 9.59 Å². The number of benzene rings is 1. The Kier molecular flexibility index (Phi) is 6.81. The molecule has 0 bridgehead atoms. The number of amides is 2. The highest BCUT2D eigenvalue weighted by Crippen LogP contribution is 2.37. The molecule has 1 aromatic heterocycles. The molecule has 0 spiro atoms. The van der Waals surface area contributed by atoms with Gasteiger partial charge >= 0.3 is 0 Å². The van der Waals surface area contributed by atoms with E-state index in [1.54, 1.807) is 12.3 Å². The summed E-state index contributed by atoms with van der Waals surface area (Å²) >= 11 is 0. The summed E-state index contributed by atoms with van der Waals surface area (Å²) in [6.07, 6.45) is 7.90. The summed E-state index contributed by atoms with van der Waals surface area (Å²) in [4.78, 5) is 31.8. The number of nitrogens with one attached hydrogen (secondary N) is 1. The summed E-state index contributed by atoms with van der Waals surface area (Å²) in [6, 6.07) is 12.1. The highest BCUT2D eigenvalue weighted by atomic mass is 16.2. The van der Waals surface area contributed by atoms with Gasteiger partial charge in [-0.2, -0.15) is 0 Å². The molecule has 2 amide bonds. The maximum absolute atomic E-state index is 13.3. The Balaban J connectivity index is 1.97. The smallest absolute Gasteiger partial charge is 0.228 e. The minimum absolute atomic E-state index is 0.00741. The molecule has 0 saturated carbocycles. The lowest BCUT2D eigenvalue weighted by Crippen LogP contribution is -2.54. The summed E-state index contributed by atoms with van der Waals surface area (Å²) in [5.41, 5.74) is 2.56. The lowest BCUT2D eigenvalue weighted by atomic mass is 9.73. The quantitative estimate of drug-likeness (QED) is 0.734. The van der Waals surface area contributed by atoms with Gasteiger partial charge in [-0.1, -0.05) is 43.3 Å². The monoisotopic (exact) mass is 391 g/mol. The van der Waals surface area contributed by atoms with Crippen LogP contribution in [0.4, 0.5) is 0 Å². The molecule has 1 fully saturated rings. The standard InChI is InChI=1S/C24H29N3O2/c1-3-13-26-23(29)24(12-8-15-27(18-24)22(28)4-2)16-19-9-5-6-11-21(19)20-10-7-14-25-17-20/h3,5-7,9-11,14,17H,1,4,8,12-13,15-16,18H2,2H3,(H,26,29)/t24-/m1/s1. The van der Waals surface area contributed by atoms with Crippen LogP contribution in [0, 0.1) is 5.41 Å². The van der Waals surface area contributed by atoms with E-state index in [0.717, 1.165) is 29.5 Å². The maximum atomic E-state index is 13.3. The predicted molar refractivity (Wildman–Crippen MR) is 115 cm³/mol. The first-order valence-corrected chi connectivity index (χ1v) is 10.2. The number of rotatable bonds is 7. The second kappa shape index (κ2) is 9.50. The van der Waals surface area contributed by atoms with Crippen molar-refractivity contribution in [1.29, 1.82) is 0 Å². The highest BCUT2D eigenvalue weighted by Gasteiger charge is 2.43. The molecule has 29 heavy (non-hydrogen) atoms. The van der Waals surface area contributed by atoms with Crippen LogP contribution in [0.5, 0.6) is 0 Å². The van der Waals surface area contributed by atoms with E-state index in [1.165, 1.54) is 0 Å².